The van der Waals surface area contributed by atoms with Gasteiger partial charge in [-0.25, -0.2) is 4.79 Å². The Morgan fingerprint density at radius 1 is 1.28 bits per heavy atom. The lowest BCUT2D eigenvalue weighted by Crippen LogP contribution is -2.29. The lowest BCUT2D eigenvalue weighted by molar-refractivity contribution is -0.141. The minimum absolute atomic E-state index is 0.754. The van der Waals surface area contributed by atoms with Crippen molar-refractivity contribution in [1.29, 1.82) is 0 Å². The average Bonchev–Trinajstić information content (AvgIpc) is 2.38. The van der Waals surface area contributed by atoms with Gasteiger partial charge in [-0.2, -0.15) is 0 Å². The number of hydrogen-bond donors (Lipinski definition) is 1. The number of hydrogen-bond acceptors (Lipinski definition) is 2. The van der Waals surface area contributed by atoms with Crippen molar-refractivity contribution >= 4 is 34.5 Å². The van der Waals surface area contributed by atoms with Crippen LogP contribution in [0.5, 0.6) is 0 Å². The van der Waals surface area contributed by atoms with E-state index in [0.29, 0.717) is 0 Å². The first kappa shape index (κ1) is 12.5. The zero-order chi connectivity index (χ0) is 13.1. The number of carboxylic acid groups (broad SMARTS) is 1. The number of carbonyl (C=O) groups is 1. The van der Waals surface area contributed by atoms with Crippen LogP contribution in [-0.4, -0.2) is 28.5 Å². The van der Waals surface area contributed by atoms with Crippen LogP contribution in [0.4, 0.5) is 0 Å². The molecule has 0 unspecified atom stereocenters. The standard InChI is InChI=1S/C14H13NO2S/c1-15(9-18)13(14(16)17)12-8-4-6-10-5-2-3-7-11(10)12/h2-9,13H,1H3,(H,16,17)/t13-/m0/s1. The van der Waals surface area contributed by atoms with Crippen LogP contribution in [-0.2, 0) is 4.79 Å². The molecule has 2 aromatic rings. The van der Waals surface area contributed by atoms with Gasteiger partial charge in [0.25, 0.3) is 0 Å². The van der Waals surface area contributed by atoms with Crippen molar-refractivity contribution in [2.75, 3.05) is 7.05 Å². The molecule has 0 saturated carbocycles. The first-order valence-corrected chi connectivity index (χ1v) is 6.00. The van der Waals surface area contributed by atoms with Crippen molar-refractivity contribution in [2.45, 2.75) is 6.04 Å². The highest BCUT2D eigenvalue weighted by atomic mass is 32.1. The van der Waals surface area contributed by atoms with Gasteiger partial charge in [0.15, 0.2) is 6.04 Å². The largest absolute Gasteiger partial charge is 0.479 e. The molecule has 1 atom stereocenters. The van der Waals surface area contributed by atoms with Crippen LogP contribution in [0.1, 0.15) is 11.6 Å². The highest BCUT2D eigenvalue weighted by Crippen LogP contribution is 2.27. The molecule has 2 rings (SSSR count). The summed E-state index contributed by atoms with van der Waals surface area (Å²) in [7, 11) is 1.67. The summed E-state index contributed by atoms with van der Waals surface area (Å²) in [5, 5.41) is 11.3. The van der Waals surface area contributed by atoms with E-state index in [0.717, 1.165) is 16.3 Å². The first-order valence-electron chi connectivity index (χ1n) is 5.53. The molecule has 0 bridgehead atoms. The van der Waals surface area contributed by atoms with Gasteiger partial charge in [-0.15, -0.1) is 0 Å². The van der Waals surface area contributed by atoms with E-state index >= 15 is 0 Å². The van der Waals surface area contributed by atoms with Crippen molar-refractivity contribution < 1.29 is 9.90 Å². The number of likely N-dealkylation sites (N-methyl/N-ethyl adjacent to an activating group) is 1. The number of benzene rings is 2. The molecule has 18 heavy (non-hydrogen) atoms. The smallest absolute Gasteiger partial charge is 0.331 e. The van der Waals surface area contributed by atoms with Crippen LogP contribution in [0.25, 0.3) is 10.8 Å². The van der Waals surface area contributed by atoms with Crippen LogP contribution in [0.3, 0.4) is 0 Å². The number of carboxylic acids is 1. The summed E-state index contributed by atoms with van der Waals surface area (Å²) in [5.41, 5.74) is 2.12. The molecule has 0 aliphatic carbocycles. The van der Waals surface area contributed by atoms with E-state index in [4.69, 9.17) is 12.2 Å². The van der Waals surface area contributed by atoms with Gasteiger partial charge in [-0.05, 0) is 16.3 Å². The molecule has 0 radical (unpaired) electrons. The molecule has 0 aliphatic rings. The van der Waals surface area contributed by atoms with Gasteiger partial charge in [0, 0.05) is 7.05 Å². The molecule has 1 N–H and O–H groups in total. The molecule has 0 heterocycles. The maximum absolute atomic E-state index is 11.4. The quantitative estimate of drug-likeness (QED) is 0.857. The van der Waals surface area contributed by atoms with E-state index < -0.39 is 12.0 Å². The zero-order valence-electron chi connectivity index (χ0n) is 9.91. The van der Waals surface area contributed by atoms with Crippen molar-refractivity contribution in [2.24, 2.45) is 0 Å². The predicted octanol–water partition coefficient (Wildman–Crippen LogP) is 2.85. The number of aliphatic carboxylic acids is 1. The Labute approximate surface area is 111 Å². The molecular weight excluding hydrogens is 246 g/mol. The Morgan fingerprint density at radius 3 is 2.61 bits per heavy atom. The maximum atomic E-state index is 11.4. The van der Waals surface area contributed by atoms with Gasteiger partial charge in [-0.1, -0.05) is 54.7 Å². The van der Waals surface area contributed by atoms with Crippen LogP contribution in [0.15, 0.2) is 42.5 Å². The molecule has 3 nitrogen and oxygen atoms in total. The van der Waals surface area contributed by atoms with Gasteiger partial charge in [0.1, 0.15) is 0 Å². The summed E-state index contributed by atoms with van der Waals surface area (Å²) < 4.78 is 0. The van der Waals surface area contributed by atoms with E-state index in [-0.39, 0.29) is 0 Å². The Morgan fingerprint density at radius 2 is 1.94 bits per heavy atom. The fourth-order valence-electron chi connectivity index (χ4n) is 2.08. The Bertz CT molecular complexity index is 592. The molecule has 0 fully saturated rings. The summed E-state index contributed by atoms with van der Waals surface area (Å²) in [5.74, 6) is -0.907. The molecule has 92 valence electrons. The second kappa shape index (κ2) is 5.14. The van der Waals surface area contributed by atoms with E-state index in [9.17, 15) is 9.90 Å². The van der Waals surface area contributed by atoms with E-state index in [1.807, 2.05) is 42.5 Å². The predicted molar refractivity (Wildman–Crippen MR) is 75.7 cm³/mol. The van der Waals surface area contributed by atoms with Gasteiger partial charge < -0.3 is 10.0 Å². The van der Waals surface area contributed by atoms with E-state index in [1.165, 1.54) is 10.4 Å². The lowest BCUT2D eigenvalue weighted by atomic mass is 9.98. The summed E-state index contributed by atoms with van der Waals surface area (Å²) >= 11 is 4.83. The third-order valence-electron chi connectivity index (χ3n) is 2.93. The summed E-state index contributed by atoms with van der Waals surface area (Å²) in [6.07, 6.45) is 0. The monoisotopic (exact) mass is 259 g/mol. The Balaban J connectivity index is 2.64. The second-order valence-electron chi connectivity index (χ2n) is 4.08. The van der Waals surface area contributed by atoms with E-state index in [1.54, 1.807) is 7.05 Å². The van der Waals surface area contributed by atoms with Crippen molar-refractivity contribution in [1.82, 2.24) is 4.90 Å². The number of thiocarbonyl (C=S) groups is 1. The summed E-state index contributed by atoms with van der Waals surface area (Å²) in [6, 6.07) is 12.6. The lowest BCUT2D eigenvalue weighted by Gasteiger charge is -2.23. The molecule has 0 spiro atoms. The molecular formula is C14H13NO2S. The summed E-state index contributed by atoms with van der Waals surface area (Å²) in [4.78, 5) is 13.0. The molecule has 2 aromatic carbocycles. The van der Waals surface area contributed by atoms with Crippen LogP contribution >= 0.6 is 12.2 Å². The van der Waals surface area contributed by atoms with Crippen LogP contribution < -0.4 is 0 Å². The SMILES string of the molecule is CN(C=S)[C@H](C(=O)O)c1cccc2ccccc12. The maximum Gasteiger partial charge on any atom is 0.331 e. The fraction of sp³-hybridized carbons (Fsp3) is 0.143. The summed E-state index contributed by atoms with van der Waals surface area (Å²) in [6.45, 7) is 0. The molecule has 4 heteroatoms. The van der Waals surface area contributed by atoms with Gasteiger partial charge >= 0.3 is 5.97 Å². The minimum atomic E-state index is -0.907. The normalized spacial score (nSPS) is 12.1. The van der Waals surface area contributed by atoms with Gasteiger partial charge in [0.2, 0.25) is 0 Å². The number of rotatable bonds is 4. The minimum Gasteiger partial charge on any atom is -0.479 e. The van der Waals surface area contributed by atoms with Crippen molar-refractivity contribution in [3.8, 4) is 0 Å². The van der Waals surface area contributed by atoms with Gasteiger partial charge in [-0.3, -0.25) is 0 Å². The Kier molecular flexibility index (Phi) is 3.58. The third kappa shape index (κ3) is 2.19. The average molecular weight is 259 g/mol. The van der Waals surface area contributed by atoms with Gasteiger partial charge in [0.05, 0.1) is 5.49 Å². The second-order valence-corrected chi connectivity index (χ2v) is 4.29. The molecule has 0 aromatic heterocycles. The topological polar surface area (TPSA) is 40.5 Å². The highest BCUT2D eigenvalue weighted by molar-refractivity contribution is 7.78. The van der Waals surface area contributed by atoms with Crippen LogP contribution in [0.2, 0.25) is 0 Å². The highest BCUT2D eigenvalue weighted by Gasteiger charge is 2.24. The van der Waals surface area contributed by atoms with Crippen molar-refractivity contribution in [3.05, 3.63) is 48.0 Å². The molecule has 0 amide bonds. The van der Waals surface area contributed by atoms with E-state index in [2.05, 4.69) is 0 Å². The molecule has 0 aliphatic heterocycles. The number of nitrogens with zero attached hydrogens (tertiary/aromatic N) is 1. The fourth-order valence-corrected chi connectivity index (χ4v) is 2.20. The number of fused-ring (bicyclic) bond motifs is 1. The Hall–Kier alpha value is -1.94. The zero-order valence-corrected chi connectivity index (χ0v) is 10.7. The van der Waals surface area contributed by atoms with Crippen molar-refractivity contribution in [3.63, 3.8) is 0 Å². The first-order chi connectivity index (χ1) is 8.65. The third-order valence-corrected chi connectivity index (χ3v) is 3.26. The van der Waals surface area contributed by atoms with Crippen LogP contribution in [0, 0.1) is 0 Å². The molecule has 0 saturated heterocycles.